The second kappa shape index (κ2) is 6.16. The van der Waals surface area contributed by atoms with E-state index in [4.69, 9.17) is 10.5 Å². The smallest absolute Gasteiger partial charge is 0.204 e. The maximum absolute atomic E-state index is 8.58. The van der Waals surface area contributed by atoms with Gasteiger partial charge in [0.05, 0.1) is 0 Å². The van der Waals surface area contributed by atoms with Crippen LogP contribution >= 0.6 is 0 Å². The van der Waals surface area contributed by atoms with Gasteiger partial charge in [0.15, 0.2) is 0 Å². The molecule has 3 nitrogen and oxygen atoms in total. The Labute approximate surface area is 85.1 Å². The lowest BCUT2D eigenvalue weighted by molar-refractivity contribution is -0.106. The second-order valence-electron chi connectivity index (χ2n) is 3.79. The number of carbonyl (C=O) groups excluding carboxylic acids is 1. The highest BCUT2D eigenvalue weighted by molar-refractivity contribution is 5.42. The lowest BCUT2D eigenvalue weighted by atomic mass is 9.96. The van der Waals surface area contributed by atoms with Crippen LogP contribution < -0.4 is 11.5 Å². The summed E-state index contributed by atoms with van der Waals surface area (Å²) in [5.74, 6) is 0. The first-order valence-electron chi connectivity index (χ1n) is 4.48. The summed E-state index contributed by atoms with van der Waals surface area (Å²) >= 11 is 0. The van der Waals surface area contributed by atoms with Gasteiger partial charge < -0.3 is 11.5 Å². The van der Waals surface area contributed by atoms with Gasteiger partial charge in [0, 0.05) is 5.54 Å². The molecule has 1 amide bonds. The van der Waals surface area contributed by atoms with E-state index in [2.05, 4.69) is 17.9 Å². The zero-order valence-corrected chi connectivity index (χ0v) is 8.73. The number of hydrogen-bond donors (Lipinski definition) is 2. The van der Waals surface area contributed by atoms with E-state index < -0.39 is 0 Å². The summed E-state index contributed by atoms with van der Waals surface area (Å²) < 4.78 is 0. The molecule has 0 aromatic heterocycles. The number of carbonyl (C=O) groups is 1. The predicted molar refractivity (Wildman–Crippen MR) is 58.7 cm³/mol. The van der Waals surface area contributed by atoms with Crippen molar-refractivity contribution in [1.82, 2.24) is 0 Å². The van der Waals surface area contributed by atoms with E-state index in [1.54, 1.807) is 0 Å². The summed E-state index contributed by atoms with van der Waals surface area (Å²) in [6.07, 6.45) is 1.19. The zero-order chi connectivity index (χ0) is 11.0. The monoisotopic (exact) mass is 194 g/mol. The Kier molecular flexibility index (Phi) is 5.56. The molecule has 0 fully saturated rings. The van der Waals surface area contributed by atoms with Crippen molar-refractivity contribution in [1.29, 1.82) is 0 Å². The van der Waals surface area contributed by atoms with Crippen LogP contribution in [0.4, 0.5) is 0 Å². The summed E-state index contributed by atoms with van der Waals surface area (Å²) in [7, 11) is 0. The highest BCUT2D eigenvalue weighted by Crippen LogP contribution is 2.08. The fraction of sp³-hybridized carbons (Fsp3) is 0.364. The predicted octanol–water partition coefficient (Wildman–Crippen LogP) is 1.07. The Morgan fingerprint density at radius 2 is 1.71 bits per heavy atom. The summed E-state index contributed by atoms with van der Waals surface area (Å²) in [6, 6.07) is 10.3. The van der Waals surface area contributed by atoms with Crippen molar-refractivity contribution in [2.75, 3.05) is 0 Å². The Hall–Kier alpha value is -1.35. The topological polar surface area (TPSA) is 69.1 Å². The molecule has 1 rings (SSSR count). The number of nitrogens with two attached hydrogens (primary N) is 2. The fourth-order valence-electron chi connectivity index (χ4n) is 1.12. The molecule has 0 bridgehead atoms. The average Bonchev–Trinajstić information content (AvgIpc) is 2.04. The molecule has 0 aliphatic carbocycles. The van der Waals surface area contributed by atoms with Crippen molar-refractivity contribution in [2.24, 2.45) is 11.5 Å². The van der Waals surface area contributed by atoms with Gasteiger partial charge in [-0.1, -0.05) is 30.3 Å². The van der Waals surface area contributed by atoms with Crippen LogP contribution in [-0.2, 0) is 11.2 Å². The van der Waals surface area contributed by atoms with Crippen LogP contribution in [-0.4, -0.2) is 11.9 Å². The van der Waals surface area contributed by atoms with Gasteiger partial charge in [0.25, 0.3) is 0 Å². The number of primary amides is 1. The molecular formula is C11H18N2O. The summed E-state index contributed by atoms with van der Waals surface area (Å²) in [5.41, 5.74) is 11.2. The van der Waals surface area contributed by atoms with Crippen molar-refractivity contribution >= 4 is 6.41 Å². The molecular weight excluding hydrogens is 176 g/mol. The Bertz CT molecular complexity index is 252. The van der Waals surface area contributed by atoms with Crippen LogP contribution in [0.15, 0.2) is 30.3 Å². The highest BCUT2D eigenvalue weighted by Gasteiger charge is 2.10. The Morgan fingerprint density at radius 3 is 2.07 bits per heavy atom. The van der Waals surface area contributed by atoms with E-state index in [-0.39, 0.29) is 11.9 Å². The van der Waals surface area contributed by atoms with Crippen LogP contribution in [0.3, 0.4) is 0 Å². The molecule has 4 N–H and O–H groups in total. The van der Waals surface area contributed by atoms with Gasteiger partial charge >= 0.3 is 0 Å². The standard InChI is InChI=1S/C10H15N.CH3NO/c1-10(2,11)8-9-6-4-3-5-7-9;2-1-3/h3-7H,8,11H2,1-2H3;1H,(H2,2,3). The third-order valence-corrected chi connectivity index (χ3v) is 1.50. The lowest BCUT2D eigenvalue weighted by Gasteiger charge is -2.17. The summed E-state index contributed by atoms with van der Waals surface area (Å²) in [5, 5.41) is 0. The van der Waals surface area contributed by atoms with Gasteiger partial charge in [-0.05, 0) is 25.8 Å². The minimum Gasteiger partial charge on any atom is -0.372 e. The molecule has 0 saturated heterocycles. The van der Waals surface area contributed by atoms with Crippen LogP contribution in [0, 0.1) is 0 Å². The summed E-state index contributed by atoms with van der Waals surface area (Å²) in [6.45, 7) is 4.08. The van der Waals surface area contributed by atoms with Crippen LogP contribution in [0.2, 0.25) is 0 Å². The van der Waals surface area contributed by atoms with Gasteiger partial charge in [0.1, 0.15) is 0 Å². The SMILES string of the molecule is CC(C)(N)Cc1ccccc1.NC=O. The van der Waals surface area contributed by atoms with E-state index in [0.29, 0.717) is 0 Å². The van der Waals surface area contributed by atoms with Gasteiger partial charge in [-0.15, -0.1) is 0 Å². The highest BCUT2D eigenvalue weighted by atomic mass is 16.1. The van der Waals surface area contributed by atoms with Crippen molar-refractivity contribution in [3.63, 3.8) is 0 Å². The first-order chi connectivity index (χ1) is 6.49. The molecule has 1 aromatic rings. The minimum atomic E-state index is -0.0959. The molecule has 0 heterocycles. The minimum absolute atomic E-state index is 0.0959. The maximum atomic E-state index is 8.58. The van der Waals surface area contributed by atoms with Crippen LogP contribution in [0.1, 0.15) is 19.4 Å². The largest absolute Gasteiger partial charge is 0.372 e. The molecule has 78 valence electrons. The van der Waals surface area contributed by atoms with Crippen LogP contribution in [0.25, 0.3) is 0 Å². The van der Waals surface area contributed by atoms with Gasteiger partial charge in [-0.2, -0.15) is 0 Å². The number of rotatable bonds is 2. The molecule has 3 heteroatoms. The first-order valence-corrected chi connectivity index (χ1v) is 4.48. The van der Waals surface area contributed by atoms with E-state index in [9.17, 15) is 0 Å². The Balaban J connectivity index is 0.000000500. The van der Waals surface area contributed by atoms with Crippen molar-refractivity contribution in [2.45, 2.75) is 25.8 Å². The van der Waals surface area contributed by atoms with Crippen molar-refractivity contribution in [3.05, 3.63) is 35.9 Å². The second-order valence-corrected chi connectivity index (χ2v) is 3.79. The Morgan fingerprint density at radius 1 is 1.29 bits per heavy atom. The third kappa shape index (κ3) is 7.31. The molecule has 0 saturated carbocycles. The molecule has 0 spiro atoms. The lowest BCUT2D eigenvalue weighted by Crippen LogP contribution is -2.34. The first kappa shape index (κ1) is 12.7. The molecule has 0 unspecified atom stereocenters. The zero-order valence-electron chi connectivity index (χ0n) is 8.73. The average molecular weight is 194 g/mol. The summed E-state index contributed by atoms with van der Waals surface area (Å²) in [4.78, 5) is 8.58. The molecule has 0 radical (unpaired) electrons. The normalized spacial score (nSPS) is 9.93. The molecule has 14 heavy (non-hydrogen) atoms. The molecule has 0 aliphatic rings. The van der Waals surface area contributed by atoms with E-state index >= 15 is 0 Å². The van der Waals surface area contributed by atoms with Gasteiger partial charge in [-0.3, -0.25) is 4.79 Å². The van der Waals surface area contributed by atoms with E-state index in [1.165, 1.54) is 5.56 Å². The fourth-order valence-corrected chi connectivity index (χ4v) is 1.12. The number of benzene rings is 1. The van der Waals surface area contributed by atoms with Crippen LogP contribution in [0.5, 0.6) is 0 Å². The van der Waals surface area contributed by atoms with E-state index in [1.807, 2.05) is 32.0 Å². The van der Waals surface area contributed by atoms with E-state index in [0.717, 1.165) is 6.42 Å². The quantitative estimate of drug-likeness (QED) is 0.691. The number of amides is 1. The molecule has 0 atom stereocenters. The van der Waals surface area contributed by atoms with Gasteiger partial charge in [0.2, 0.25) is 6.41 Å². The molecule has 1 aromatic carbocycles. The maximum Gasteiger partial charge on any atom is 0.204 e. The third-order valence-electron chi connectivity index (χ3n) is 1.50. The van der Waals surface area contributed by atoms with Crippen molar-refractivity contribution in [3.8, 4) is 0 Å². The van der Waals surface area contributed by atoms with Gasteiger partial charge in [-0.25, -0.2) is 0 Å². The van der Waals surface area contributed by atoms with Crippen molar-refractivity contribution < 1.29 is 4.79 Å². The molecule has 0 aliphatic heterocycles. The number of hydrogen-bond acceptors (Lipinski definition) is 2.